The Labute approximate surface area is 210 Å². The second-order valence-corrected chi connectivity index (χ2v) is 9.11. The Balaban J connectivity index is 1.44. The van der Waals surface area contributed by atoms with Crippen LogP contribution in [0.1, 0.15) is 39.3 Å². The molecule has 2 aliphatic heterocycles. The van der Waals surface area contributed by atoms with Crippen molar-refractivity contribution in [1.29, 1.82) is 0 Å². The summed E-state index contributed by atoms with van der Waals surface area (Å²) in [6, 6.07) is 9.73. The molecule has 2 aromatic heterocycles. The summed E-state index contributed by atoms with van der Waals surface area (Å²) >= 11 is 0. The number of piperidine rings is 1. The van der Waals surface area contributed by atoms with Crippen LogP contribution in [0.4, 0.5) is 11.4 Å². The highest BCUT2D eigenvalue weighted by molar-refractivity contribution is 6.25. The quantitative estimate of drug-likeness (QED) is 0.412. The number of hydrogen-bond acceptors (Lipinski definition) is 8. The Morgan fingerprint density at radius 3 is 2.62 bits per heavy atom. The molecule has 2 aromatic carbocycles. The van der Waals surface area contributed by atoms with Gasteiger partial charge in [-0.2, -0.15) is 15.3 Å². The van der Waals surface area contributed by atoms with Gasteiger partial charge in [0.25, 0.3) is 11.8 Å². The number of carbonyl (C=O) groups excluding carboxylic acids is 4. The summed E-state index contributed by atoms with van der Waals surface area (Å²) < 4.78 is 1.77. The maximum absolute atomic E-state index is 13.5. The van der Waals surface area contributed by atoms with Crippen molar-refractivity contribution < 1.29 is 19.2 Å². The molecule has 1 saturated heterocycles. The summed E-state index contributed by atoms with van der Waals surface area (Å²) in [6.45, 7) is 1.85. The van der Waals surface area contributed by atoms with Gasteiger partial charge in [-0.05, 0) is 43.7 Å². The number of aromatic nitrogens is 4. The first-order valence-corrected chi connectivity index (χ1v) is 11.7. The van der Waals surface area contributed by atoms with Crippen molar-refractivity contribution in [2.75, 3.05) is 5.32 Å². The molecule has 4 heterocycles. The molecule has 2 aliphatic rings. The lowest BCUT2D eigenvalue weighted by Crippen LogP contribution is -2.54. The number of aryl methyl sites for hydroxylation is 2. The van der Waals surface area contributed by atoms with E-state index in [1.54, 1.807) is 35.3 Å². The summed E-state index contributed by atoms with van der Waals surface area (Å²) in [4.78, 5) is 51.8. The van der Waals surface area contributed by atoms with Crippen molar-refractivity contribution >= 4 is 45.9 Å². The van der Waals surface area contributed by atoms with E-state index in [1.807, 2.05) is 32.2 Å². The van der Waals surface area contributed by atoms with Gasteiger partial charge in [-0.25, -0.2) is 0 Å². The van der Waals surface area contributed by atoms with E-state index >= 15 is 0 Å². The summed E-state index contributed by atoms with van der Waals surface area (Å²) in [5.74, 6) is -2.21. The summed E-state index contributed by atoms with van der Waals surface area (Å²) in [5.41, 5.74) is 4.76. The molecule has 0 radical (unpaired) electrons. The molecule has 11 nitrogen and oxygen atoms in total. The lowest BCUT2D eigenvalue weighted by atomic mass is 10.0. The maximum atomic E-state index is 13.5. The van der Waals surface area contributed by atoms with E-state index in [0.717, 1.165) is 32.6 Å². The van der Waals surface area contributed by atoms with Crippen LogP contribution in [0, 0.1) is 6.92 Å². The number of rotatable bonds is 4. The highest BCUT2D eigenvalue weighted by Gasteiger charge is 2.45. The molecule has 4 aromatic rings. The molecule has 2 N–H and O–H groups in total. The Morgan fingerprint density at radius 2 is 1.84 bits per heavy atom. The number of amides is 4. The van der Waals surface area contributed by atoms with Crippen molar-refractivity contribution in [2.24, 2.45) is 7.05 Å². The predicted molar refractivity (Wildman–Crippen MR) is 133 cm³/mol. The number of carbonyl (C=O) groups is 4. The number of fused-ring (bicyclic) bond motifs is 2. The lowest BCUT2D eigenvalue weighted by molar-refractivity contribution is -0.136. The Kier molecular flexibility index (Phi) is 5.07. The second-order valence-electron chi connectivity index (χ2n) is 9.11. The first-order valence-electron chi connectivity index (χ1n) is 11.7. The third-order valence-corrected chi connectivity index (χ3v) is 6.71. The SMILES string of the molecule is Cc1cc(-c2cc3c(cnn3C)cc2Nc2cccc3c2C(=O)N(C2CCC(=O)NC2=O)C3=O)cnn1. The molecule has 0 aliphatic carbocycles. The molecule has 6 rings (SSSR count). The predicted octanol–water partition coefficient (Wildman–Crippen LogP) is 2.48. The highest BCUT2D eigenvalue weighted by Crippen LogP contribution is 2.38. The van der Waals surface area contributed by atoms with E-state index in [9.17, 15) is 19.2 Å². The van der Waals surface area contributed by atoms with Gasteiger partial charge >= 0.3 is 0 Å². The fourth-order valence-electron chi connectivity index (χ4n) is 4.93. The average Bonchev–Trinajstić information content (AvgIpc) is 3.35. The third-order valence-electron chi connectivity index (χ3n) is 6.71. The standard InChI is InChI=1S/C26H21N7O4/c1-13-8-14(11-27-31-13)17-10-21-15(12-28-32(21)2)9-19(17)29-18-5-3-4-16-23(18)26(37)33(25(16)36)20-6-7-22(34)30-24(20)35/h3-5,8-12,20,29H,6-7H2,1-2H3,(H,30,34,35). The van der Waals surface area contributed by atoms with Crippen LogP contribution >= 0.6 is 0 Å². The molecule has 37 heavy (non-hydrogen) atoms. The fourth-order valence-corrected chi connectivity index (χ4v) is 4.93. The second kappa shape index (κ2) is 8.33. The molecule has 11 heteroatoms. The molecule has 0 saturated carbocycles. The number of benzene rings is 2. The van der Waals surface area contributed by atoms with Crippen molar-refractivity contribution in [1.82, 2.24) is 30.2 Å². The van der Waals surface area contributed by atoms with E-state index in [0.29, 0.717) is 11.4 Å². The van der Waals surface area contributed by atoms with Gasteiger partial charge in [-0.3, -0.25) is 34.1 Å². The number of imide groups is 2. The Hall–Kier alpha value is -4.93. The summed E-state index contributed by atoms with van der Waals surface area (Å²) in [5, 5.41) is 18.9. The monoisotopic (exact) mass is 495 g/mol. The first-order chi connectivity index (χ1) is 17.8. The van der Waals surface area contributed by atoms with Gasteiger partial charge in [0.05, 0.1) is 40.4 Å². The summed E-state index contributed by atoms with van der Waals surface area (Å²) in [7, 11) is 1.85. The minimum absolute atomic E-state index is 0.0583. The van der Waals surface area contributed by atoms with Crippen LogP contribution < -0.4 is 10.6 Å². The zero-order chi connectivity index (χ0) is 25.8. The van der Waals surface area contributed by atoms with Crippen molar-refractivity contribution in [3.63, 3.8) is 0 Å². The van der Waals surface area contributed by atoms with Gasteiger partial charge in [0, 0.05) is 35.7 Å². The normalized spacial score (nSPS) is 17.4. The van der Waals surface area contributed by atoms with Gasteiger partial charge in [0.2, 0.25) is 11.8 Å². The minimum atomic E-state index is -1.04. The van der Waals surface area contributed by atoms with Crippen molar-refractivity contribution in [3.05, 3.63) is 65.6 Å². The molecule has 1 unspecified atom stereocenters. The van der Waals surface area contributed by atoms with Gasteiger partial charge in [0.1, 0.15) is 6.04 Å². The van der Waals surface area contributed by atoms with Crippen LogP contribution in [0.15, 0.2) is 48.8 Å². The first kappa shape index (κ1) is 22.5. The third kappa shape index (κ3) is 3.63. The average molecular weight is 495 g/mol. The molecule has 1 fully saturated rings. The van der Waals surface area contributed by atoms with Crippen LogP contribution in [-0.4, -0.2) is 54.5 Å². The van der Waals surface area contributed by atoms with Crippen molar-refractivity contribution in [2.45, 2.75) is 25.8 Å². The zero-order valence-corrected chi connectivity index (χ0v) is 20.0. The topological polar surface area (TPSA) is 139 Å². The number of anilines is 2. The zero-order valence-electron chi connectivity index (χ0n) is 20.0. The molecule has 1 atom stereocenters. The minimum Gasteiger partial charge on any atom is -0.354 e. The number of nitrogens with zero attached hydrogens (tertiary/aromatic N) is 5. The highest BCUT2D eigenvalue weighted by atomic mass is 16.2. The van der Waals surface area contributed by atoms with E-state index in [4.69, 9.17) is 0 Å². The van der Waals surface area contributed by atoms with Gasteiger partial charge < -0.3 is 5.32 Å². The molecular formula is C26H21N7O4. The van der Waals surface area contributed by atoms with E-state index < -0.39 is 29.7 Å². The molecule has 184 valence electrons. The fraction of sp³-hybridized carbons (Fsp3) is 0.192. The Morgan fingerprint density at radius 1 is 1.00 bits per heavy atom. The van der Waals surface area contributed by atoms with Crippen LogP contribution in [0.3, 0.4) is 0 Å². The Bertz CT molecular complexity index is 1660. The van der Waals surface area contributed by atoms with Crippen LogP contribution in [0.2, 0.25) is 0 Å². The van der Waals surface area contributed by atoms with Gasteiger partial charge in [0.15, 0.2) is 0 Å². The van der Waals surface area contributed by atoms with Gasteiger partial charge in [-0.1, -0.05) is 6.07 Å². The van der Waals surface area contributed by atoms with Crippen LogP contribution in [-0.2, 0) is 16.6 Å². The molecular weight excluding hydrogens is 474 g/mol. The molecule has 0 bridgehead atoms. The van der Waals surface area contributed by atoms with E-state index in [1.165, 1.54) is 0 Å². The van der Waals surface area contributed by atoms with Crippen LogP contribution in [0.5, 0.6) is 0 Å². The van der Waals surface area contributed by atoms with E-state index in [-0.39, 0.29) is 24.0 Å². The lowest BCUT2D eigenvalue weighted by Gasteiger charge is -2.27. The van der Waals surface area contributed by atoms with Crippen molar-refractivity contribution in [3.8, 4) is 11.1 Å². The summed E-state index contributed by atoms with van der Waals surface area (Å²) in [6.07, 6.45) is 3.55. The largest absolute Gasteiger partial charge is 0.354 e. The van der Waals surface area contributed by atoms with E-state index in [2.05, 4.69) is 25.9 Å². The van der Waals surface area contributed by atoms with Gasteiger partial charge in [-0.15, -0.1) is 0 Å². The molecule has 4 amide bonds. The van der Waals surface area contributed by atoms with Crippen LogP contribution in [0.25, 0.3) is 22.0 Å². The molecule has 0 spiro atoms. The maximum Gasteiger partial charge on any atom is 0.264 e. The number of nitrogens with one attached hydrogen (secondary N) is 2. The smallest absolute Gasteiger partial charge is 0.264 e. The number of hydrogen-bond donors (Lipinski definition) is 2.